The summed E-state index contributed by atoms with van der Waals surface area (Å²) in [6.07, 6.45) is 12.1. The van der Waals surface area contributed by atoms with Crippen molar-refractivity contribution in [3.63, 3.8) is 0 Å². The molecule has 0 saturated heterocycles. The molecule has 1 unspecified atom stereocenters. The Balaban J connectivity index is 1.59. The predicted octanol–water partition coefficient (Wildman–Crippen LogP) is 3.75. The van der Waals surface area contributed by atoms with Crippen molar-refractivity contribution < 1.29 is 5.11 Å². The lowest BCUT2D eigenvalue weighted by Gasteiger charge is -2.28. The van der Waals surface area contributed by atoms with E-state index in [4.69, 9.17) is 0 Å². The third-order valence-electron chi connectivity index (χ3n) is 4.58. The van der Waals surface area contributed by atoms with E-state index in [1.54, 1.807) is 0 Å². The second kappa shape index (κ2) is 5.34. The van der Waals surface area contributed by atoms with Crippen LogP contribution in [0.25, 0.3) is 0 Å². The van der Waals surface area contributed by atoms with Crippen molar-refractivity contribution in [1.29, 1.82) is 0 Å². The molecule has 1 nitrogen and oxygen atoms in total. The highest BCUT2D eigenvalue weighted by Gasteiger charge is 2.30. The van der Waals surface area contributed by atoms with E-state index in [1.807, 2.05) is 0 Å². The summed E-state index contributed by atoms with van der Waals surface area (Å²) in [5, 5.41) is 9.82. The lowest BCUT2D eigenvalue weighted by molar-refractivity contribution is 0.125. The first-order valence-electron chi connectivity index (χ1n) is 6.97. The Hall–Kier alpha value is -0.0400. The van der Waals surface area contributed by atoms with Crippen molar-refractivity contribution in [2.75, 3.05) is 0 Å². The van der Waals surface area contributed by atoms with Gasteiger partial charge in [-0.2, -0.15) is 0 Å². The highest BCUT2D eigenvalue weighted by Crippen LogP contribution is 2.37. The van der Waals surface area contributed by atoms with Crippen LogP contribution in [0.2, 0.25) is 0 Å². The van der Waals surface area contributed by atoms with E-state index in [0.29, 0.717) is 5.92 Å². The molecule has 2 rings (SSSR count). The van der Waals surface area contributed by atoms with E-state index < -0.39 is 0 Å². The highest BCUT2D eigenvalue weighted by molar-refractivity contribution is 4.82. The molecule has 1 N–H and O–H groups in total. The number of aliphatic hydroxyl groups is 1. The summed E-state index contributed by atoms with van der Waals surface area (Å²) in [6.45, 7) is 2.32. The molecule has 0 radical (unpaired) electrons. The molecular weight excluding hydrogens is 184 g/mol. The van der Waals surface area contributed by atoms with E-state index in [0.717, 1.165) is 18.3 Å². The molecule has 1 atom stereocenters. The highest BCUT2D eigenvalue weighted by atomic mass is 16.3. The van der Waals surface area contributed by atoms with Gasteiger partial charge in [0.05, 0.1) is 6.10 Å². The van der Waals surface area contributed by atoms with Crippen molar-refractivity contribution in [2.45, 2.75) is 70.8 Å². The molecular formula is C14H26O. The van der Waals surface area contributed by atoms with Gasteiger partial charge in [0.25, 0.3) is 0 Å². The molecule has 2 fully saturated rings. The first kappa shape index (κ1) is 11.4. The van der Waals surface area contributed by atoms with E-state index in [2.05, 4.69) is 6.92 Å². The largest absolute Gasteiger partial charge is 0.393 e. The number of rotatable bonds is 5. The summed E-state index contributed by atoms with van der Waals surface area (Å²) in [5.41, 5.74) is 0. The van der Waals surface area contributed by atoms with Crippen molar-refractivity contribution in [3.05, 3.63) is 0 Å². The Morgan fingerprint density at radius 1 is 1.00 bits per heavy atom. The zero-order chi connectivity index (χ0) is 10.7. The van der Waals surface area contributed by atoms with Gasteiger partial charge in [-0.1, -0.05) is 39.0 Å². The van der Waals surface area contributed by atoms with E-state index in [-0.39, 0.29) is 6.10 Å². The molecule has 0 bridgehead atoms. The monoisotopic (exact) mass is 210 g/mol. The Bertz CT molecular complexity index is 178. The van der Waals surface area contributed by atoms with E-state index in [9.17, 15) is 5.11 Å². The zero-order valence-corrected chi connectivity index (χ0v) is 10.1. The molecule has 0 aliphatic heterocycles. The van der Waals surface area contributed by atoms with Gasteiger partial charge in [-0.15, -0.1) is 0 Å². The van der Waals surface area contributed by atoms with E-state index >= 15 is 0 Å². The van der Waals surface area contributed by atoms with Gasteiger partial charge >= 0.3 is 0 Å². The Morgan fingerprint density at radius 2 is 1.60 bits per heavy atom. The number of hydrogen-bond acceptors (Lipinski definition) is 1. The maximum Gasteiger partial charge on any atom is 0.0568 e. The van der Waals surface area contributed by atoms with Crippen LogP contribution >= 0.6 is 0 Å². The van der Waals surface area contributed by atoms with Crippen LogP contribution in [0.1, 0.15) is 64.7 Å². The van der Waals surface area contributed by atoms with E-state index in [1.165, 1.54) is 51.4 Å². The van der Waals surface area contributed by atoms with Gasteiger partial charge in [-0.3, -0.25) is 0 Å². The molecule has 0 aromatic heterocycles. The second-order valence-electron chi connectivity index (χ2n) is 5.78. The molecule has 2 aliphatic rings. The van der Waals surface area contributed by atoms with Gasteiger partial charge in [0.15, 0.2) is 0 Å². The van der Waals surface area contributed by atoms with Gasteiger partial charge in [-0.05, 0) is 43.4 Å². The Morgan fingerprint density at radius 3 is 2.13 bits per heavy atom. The molecule has 2 aliphatic carbocycles. The molecule has 0 heterocycles. The SMILES string of the molecule is CCC1CCC(CCC(O)C2CC2)CC1. The molecule has 1 heteroatoms. The minimum absolute atomic E-state index is 0.0360. The minimum Gasteiger partial charge on any atom is -0.393 e. The van der Waals surface area contributed by atoms with Crippen LogP contribution in [0.5, 0.6) is 0 Å². The fourth-order valence-corrected chi connectivity index (χ4v) is 3.05. The molecule has 88 valence electrons. The Kier molecular flexibility index (Phi) is 4.07. The summed E-state index contributed by atoms with van der Waals surface area (Å²) < 4.78 is 0. The summed E-state index contributed by atoms with van der Waals surface area (Å²) in [7, 11) is 0. The van der Waals surface area contributed by atoms with Crippen molar-refractivity contribution in [1.82, 2.24) is 0 Å². The van der Waals surface area contributed by atoms with Crippen LogP contribution in [0.3, 0.4) is 0 Å². The summed E-state index contributed by atoms with van der Waals surface area (Å²) in [6, 6.07) is 0. The van der Waals surface area contributed by atoms with Crippen LogP contribution in [-0.4, -0.2) is 11.2 Å². The van der Waals surface area contributed by atoms with Gasteiger partial charge in [0, 0.05) is 0 Å². The van der Waals surface area contributed by atoms with Crippen LogP contribution in [0.4, 0.5) is 0 Å². The molecule has 2 saturated carbocycles. The van der Waals surface area contributed by atoms with Crippen molar-refractivity contribution in [3.8, 4) is 0 Å². The number of aliphatic hydroxyl groups excluding tert-OH is 1. The predicted molar refractivity (Wildman–Crippen MR) is 63.7 cm³/mol. The summed E-state index contributed by atoms with van der Waals surface area (Å²) in [5.74, 6) is 2.62. The van der Waals surface area contributed by atoms with Gasteiger partial charge in [0.1, 0.15) is 0 Å². The van der Waals surface area contributed by atoms with Crippen molar-refractivity contribution in [2.24, 2.45) is 17.8 Å². The minimum atomic E-state index is 0.0360. The van der Waals surface area contributed by atoms with Gasteiger partial charge in [0.2, 0.25) is 0 Å². The normalized spacial score (nSPS) is 34.0. The third-order valence-corrected chi connectivity index (χ3v) is 4.58. The van der Waals surface area contributed by atoms with Crippen LogP contribution < -0.4 is 0 Å². The molecule has 0 spiro atoms. The lowest BCUT2D eigenvalue weighted by Crippen LogP contribution is -2.17. The molecule has 15 heavy (non-hydrogen) atoms. The van der Waals surface area contributed by atoms with Crippen LogP contribution in [0, 0.1) is 17.8 Å². The molecule has 0 aromatic rings. The maximum atomic E-state index is 9.82. The first-order chi connectivity index (χ1) is 7.29. The van der Waals surface area contributed by atoms with Gasteiger partial charge < -0.3 is 5.11 Å². The average Bonchev–Trinajstić information content (AvgIpc) is 3.10. The standard InChI is InChI=1S/C14H26O/c1-2-11-3-5-12(6-4-11)7-10-14(15)13-8-9-13/h11-15H,2-10H2,1H3. The second-order valence-corrected chi connectivity index (χ2v) is 5.78. The summed E-state index contributed by atoms with van der Waals surface area (Å²) >= 11 is 0. The quantitative estimate of drug-likeness (QED) is 0.732. The fourth-order valence-electron chi connectivity index (χ4n) is 3.05. The summed E-state index contributed by atoms with van der Waals surface area (Å²) in [4.78, 5) is 0. The maximum absolute atomic E-state index is 9.82. The molecule has 0 aromatic carbocycles. The lowest BCUT2D eigenvalue weighted by atomic mass is 9.78. The molecule has 0 amide bonds. The zero-order valence-electron chi connectivity index (χ0n) is 10.1. The fraction of sp³-hybridized carbons (Fsp3) is 1.00. The third kappa shape index (κ3) is 3.48. The smallest absolute Gasteiger partial charge is 0.0568 e. The average molecular weight is 210 g/mol. The Labute approximate surface area is 94.3 Å². The topological polar surface area (TPSA) is 20.2 Å². The number of hydrogen-bond donors (Lipinski definition) is 1. The van der Waals surface area contributed by atoms with Crippen molar-refractivity contribution >= 4 is 0 Å². The van der Waals surface area contributed by atoms with Crippen LogP contribution in [-0.2, 0) is 0 Å². The van der Waals surface area contributed by atoms with Gasteiger partial charge in [-0.25, -0.2) is 0 Å². The first-order valence-corrected chi connectivity index (χ1v) is 6.97. The van der Waals surface area contributed by atoms with Crippen LogP contribution in [0.15, 0.2) is 0 Å².